The van der Waals surface area contributed by atoms with Crippen LogP contribution in [-0.4, -0.2) is 47.6 Å². The monoisotopic (exact) mass is 251 g/mol. The number of hydrogen-bond donors (Lipinski definition) is 1. The van der Waals surface area contributed by atoms with E-state index in [9.17, 15) is 4.79 Å². The highest BCUT2D eigenvalue weighted by molar-refractivity contribution is 5.81. The normalized spacial score (nSPS) is 10.2. The third-order valence-corrected chi connectivity index (χ3v) is 2.87. The number of carbonyl (C=O) groups is 1. The Morgan fingerprint density at radius 1 is 1.33 bits per heavy atom. The maximum atomic E-state index is 11.9. The summed E-state index contributed by atoms with van der Waals surface area (Å²) in [6, 6.07) is 3.61. The Hall–Kier alpha value is -1.62. The molecule has 0 fully saturated rings. The topological polar surface area (TPSA) is 56.7 Å². The van der Waals surface area contributed by atoms with E-state index >= 15 is 0 Å². The zero-order valence-corrected chi connectivity index (χ0v) is 11.3. The molecule has 0 saturated heterocycles. The molecule has 0 atom stereocenters. The SMILES string of the molecule is CCN(CC)C(=O)CN(C)c1ccc(CO)cn1. The standard InChI is InChI=1S/C13H21N3O2/c1-4-16(5-2)13(18)9-15(3)12-7-6-11(10-17)8-14-12/h6-8,17H,4-5,9-10H2,1-3H3. The highest BCUT2D eigenvalue weighted by Crippen LogP contribution is 2.09. The Morgan fingerprint density at radius 2 is 2.00 bits per heavy atom. The fourth-order valence-electron chi connectivity index (χ4n) is 1.70. The van der Waals surface area contributed by atoms with E-state index in [0.717, 1.165) is 24.5 Å². The van der Waals surface area contributed by atoms with E-state index in [-0.39, 0.29) is 12.5 Å². The summed E-state index contributed by atoms with van der Waals surface area (Å²) in [7, 11) is 1.84. The van der Waals surface area contributed by atoms with Gasteiger partial charge in [0.25, 0.3) is 0 Å². The molecular weight excluding hydrogens is 230 g/mol. The van der Waals surface area contributed by atoms with Crippen LogP contribution in [0.2, 0.25) is 0 Å². The van der Waals surface area contributed by atoms with Crippen molar-refractivity contribution in [2.24, 2.45) is 0 Å². The number of hydrogen-bond acceptors (Lipinski definition) is 4. The molecule has 1 rings (SSSR count). The van der Waals surface area contributed by atoms with E-state index in [0.29, 0.717) is 6.54 Å². The van der Waals surface area contributed by atoms with Gasteiger partial charge in [0.15, 0.2) is 0 Å². The molecule has 0 bridgehead atoms. The van der Waals surface area contributed by atoms with Gasteiger partial charge in [0.2, 0.25) is 5.91 Å². The van der Waals surface area contributed by atoms with E-state index in [4.69, 9.17) is 5.11 Å². The molecule has 1 amide bonds. The predicted molar refractivity (Wildman–Crippen MR) is 71.4 cm³/mol. The maximum Gasteiger partial charge on any atom is 0.242 e. The van der Waals surface area contributed by atoms with Crippen LogP contribution >= 0.6 is 0 Å². The van der Waals surface area contributed by atoms with Gasteiger partial charge in [0, 0.05) is 26.3 Å². The molecule has 0 saturated carbocycles. The van der Waals surface area contributed by atoms with Crippen molar-refractivity contribution in [2.75, 3.05) is 31.6 Å². The smallest absolute Gasteiger partial charge is 0.242 e. The van der Waals surface area contributed by atoms with E-state index in [1.807, 2.05) is 25.8 Å². The summed E-state index contributed by atoms with van der Waals surface area (Å²) in [6.45, 7) is 5.67. The maximum absolute atomic E-state index is 11.9. The quantitative estimate of drug-likeness (QED) is 0.815. The number of aliphatic hydroxyl groups excluding tert-OH is 1. The number of aliphatic hydroxyl groups is 1. The van der Waals surface area contributed by atoms with Crippen LogP contribution in [-0.2, 0) is 11.4 Å². The second-order valence-corrected chi connectivity index (χ2v) is 4.10. The van der Waals surface area contributed by atoms with Gasteiger partial charge >= 0.3 is 0 Å². The van der Waals surface area contributed by atoms with Crippen molar-refractivity contribution in [3.63, 3.8) is 0 Å². The van der Waals surface area contributed by atoms with Gasteiger partial charge in [-0.15, -0.1) is 0 Å². The zero-order valence-electron chi connectivity index (χ0n) is 11.3. The highest BCUT2D eigenvalue weighted by atomic mass is 16.3. The Kier molecular flexibility index (Phi) is 5.58. The van der Waals surface area contributed by atoms with Crippen molar-refractivity contribution in [1.82, 2.24) is 9.88 Å². The molecule has 18 heavy (non-hydrogen) atoms. The van der Waals surface area contributed by atoms with Crippen molar-refractivity contribution in [2.45, 2.75) is 20.5 Å². The van der Waals surface area contributed by atoms with Gasteiger partial charge < -0.3 is 14.9 Å². The predicted octanol–water partition coefficient (Wildman–Crippen LogP) is 0.878. The minimum Gasteiger partial charge on any atom is -0.392 e. The van der Waals surface area contributed by atoms with Crippen molar-refractivity contribution in [3.8, 4) is 0 Å². The number of carbonyl (C=O) groups excluding carboxylic acids is 1. The second-order valence-electron chi connectivity index (χ2n) is 4.10. The molecule has 1 N–H and O–H groups in total. The fourth-order valence-corrected chi connectivity index (χ4v) is 1.70. The van der Waals surface area contributed by atoms with Crippen LogP contribution in [0.25, 0.3) is 0 Å². The first kappa shape index (κ1) is 14.4. The molecule has 1 aromatic rings. The van der Waals surface area contributed by atoms with Crippen LogP contribution in [0.4, 0.5) is 5.82 Å². The molecule has 1 heterocycles. The molecule has 5 heteroatoms. The van der Waals surface area contributed by atoms with Crippen LogP contribution in [0.5, 0.6) is 0 Å². The summed E-state index contributed by atoms with van der Waals surface area (Å²) in [5.41, 5.74) is 0.766. The second kappa shape index (κ2) is 6.96. The Balaban J connectivity index is 2.63. The molecule has 0 aliphatic heterocycles. The number of amides is 1. The molecule has 0 aliphatic carbocycles. The number of nitrogens with zero attached hydrogens (tertiary/aromatic N) is 3. The highest BCUT2D eigenvalue weighted by Gasteiger charge is 2.13. The Labute approximate surface area is 108 Å². The van der Waals surface area contributed by atoms with Gasteiger partial charge in [0.1, 0.15) is 5.82 Å². The first-order valence-electron chi connectivity index (χ1n) is 6.17. The van der Waals surface area contributed by atoms with Crippen LogP contribution < -0.4 is 4.90 Å². The Bertz CT molecular complexity index is 374. The third kappa shape index (κ3) is 3.70. The van der Waals surface area contributed by atoms with Crippen LogP contribution in [0, 0.1) is 0 Å². The molecule has 0 radical (unpaired) electrons. The lowest BCUT2D eigenvalue weighted by molar-refractivity contribution is -0.129. The van der Waals surface area contributed by atoms with Crippen LogP contribution in [0.1, 0.15) is 19.4 Å². The van der Waals surface area contributed by atoms with Gasteiger partial charge in [-0.2, -0.15) is 0 Å². The molecular formula is C13H21N3O2. The van der Waals surface area contributed by atoms with Gasteiger partial charge in [-0.05, 0) is 25.5 Å². The summed E-state index contributed by atoms with van der Waals surface area (Å²) in [6.07, 6.45) is 1.62. The molecule has 0 aromatic carbocycles. The number of rotatable bonds is 6. The molecule has 5 nitrogen and oxygen atoms in total. The zero-order chi connectivity index (χ0) is 13.5. The van der Waals surface area contributed by atoms with Gasteiger partial charge in [-0.1, -0.05) is 6.07 Å². The van der Waals surface area contributed by atoms with E-state index in [1.54, 1.807) is 23.2 Å². The molecule has 0 spiro atoms. The average molecular weight is 251 g/mol. The van der Waals surface area contributed by atoms with Crippen LogP contribution in [0.3, 0.4) is 0 Å². The minimum atomic E-state index is -0.0185. The van der Waals surface area contributed by atoms with Gasteiger partial charge in [-0.25, -0.2) is 4.98 Å². The molecule has 100 valence electrons. The number of aromatic nitrogens is 1. The summed E-state index contributed by atoms with van der Waals surface area (Å²) in [4.78, 5) is 19.7. The van der Waals surface area contributed by atoms with Crippen molar-refractivity contribution in [3.05, 3.63) is 23.9 Å². The average Bonchev–Trinajstić information content (AvgIpc) is 2.40. The van der Waals surface area contributed by atoms with Crippen molar-refractivity contribution < 1.29 is 9.90 Å². The van der Waals surface area contributed by atoms with E-state index in [1.165, 1.54) is 0 Å². The van der Waals surface area contributed by atoms with Gasteiger partial charge in [0.05, 0.1) is 13.2 Å². The summed E-state index contributed by atoms with van der Waals surface area (Å²) >= 11 is 0. The fraction of sp³-hybridized carbons (Fsp3) is 0.538. The lowest BCUT2D eigenvalue weighted by Gasteiger charge is -2.23. The summed E-state index contributed by atoms with van der Waals surface area (Å²) < 4.78 is 0. The van der Waals surface area contributed by atoms with E-state index in [2.05, 4.69) is 4.98 Å². The first-order chi connectivity index (χ1) is 8.62. The summed E-state index contributed by atoms with van der Waals surface area (Å²) in [5, 5.41) is 8.93. The van der Waals surface area contributed by atoms with E-state index < -0.39 is 0 Å². The number of anilines is 1. The van der Waals surface area contributed by atoms with Gasteiger partial charge in [-0.3, -0.25) is 4.79 Å². The lowest BCUT2D eigenvalue weighted by Crippen LogP contribution is -2.39. The summed E-state index contributed by atoms with van der Waals surface area (Å²) in [5.74, 6) is 0.822. The molecule has 0 aliphatic rings. The number of pyridine rings is 1. The van der Waals surface area contributed by atoms with Crippen molar-refractivity contribution in [1.29, 1.82) is 0 Å². The Morgan fingerprint density at radius 3 is 2.44 bits per heavy atom. The van der Waals surface area contributed by atoms with Crippen molar-refractivity contribution >= 4 is 11.7 Å². The molecule has 1 aromatic heterocycles. The molecule has 0 unspecified atom stereocenters. The first-order valence-corrected chi connectivity index (χ1v) is 6.17. The van der Waals surface area contributed by atoms with Crippen LogP contribution in [0.15, 0.2) is 18.3 Å². The number of likely N-dealkylation sites (N-methyl/N-ethyl adjacent to an activating group) is 2. The lowest BCUT2D eigenvalue weighted by atomic mass is 10.3. The minimum absolute atomic E-state index is 0.0185. The largest absolute Gasteiger partial charge is 0.392 e. The third-order valence-electron chi connectivity index (χ3n) is 2.87.